The van der Waals surface area contributed by atoms with Crippen LogP contribution in [0.1, 0.15) is 117 Å². The lowest BCUT2D eigenvalue weighted by Crippen LogP contribution is -2.31. The van der Waals surface area contributed by atoms with Crippen molar-refractivity contribution in [1.29, 1.82) is 0 Å². The molecule has 1 aliphatic rings. The van der Waals surface area contributed by atoms with Crippen LogP contribution in [-0.2, 0) is 0 Å². The standard InChI is InChI=1S/C27H50OS2/c1-4-6-8-10-12-14-16-21-29-23-27(20-18-19-25(3)26(27)28)24-30-22-17-15-13-11-9-7-5-2/h18-19,28H,4-17,20-24H2,1-3H3. The Labute approximate surface area is 197 Å². The van der Waals surface area contributed by atoms with Crippen molar-refractivity contribution in [2.45, 2.75) is 117 Å². The van der Waals surface area contributed by atoms with Gasteiger partial charge in [-0.3, -0.25) is 0 Å². The van der Waals surface area contributed by atoms with Crippen LogP contribution in [-0.4, -0.2) is 28.1 Å². The molecule has 1 N–H and O–H groups in total. The number of aliphatic hydroxyl groups is 1. The van der Waals surface area contributed by atoms with Gasteiger partial charge in [0, 0.05) is 16.9 Å². The van der Waals surface area contributed by atoms with Gasteiger partial charge in [-0.05, 0) is 43.3 Å². The Kier molecular flexibility index (Phi) is 17.3. The summed E-state index contributed by atoms with van der Waals surface area (Å²) in [6.45, 7) is 6.64. The van der Waals surface area contributed by atoms with Crippen molar-refractivity contribution in [2.24, 2.45) is 5.41 Å². The molecular weight excluding hydrogens is 404 g/mol. The minimum absolute atomic E-state index is 0.0313. The fourth-order valence-corrected chi connectivity index (χ4v) is 6.94. The van der Waals surface area contributed by atoms with Crippen LogP contribution in [0.25, 0.3) is 0 Å². The third-order valence-corrected chi connectivity index (χ3v) is 8.96. The Hall–Kier alpha value is -0.0200. The quantitative estimate of drug-likeness (QED) is 0.185. The highest BCUT2D eigenvalue weighted by molar-refractivity contribution is 8.00. The third kappa shape index (κ3) is 12.1. The van der Waals surface area contributed by atoms with E-state index in [-0.39, 0.29) is 5.41 Å². The number of unbranched alkanes of at least 4 members (excludes halogenated alkanes) is 12. The van der Waals surface area contributed by atoms with E-state index in [0.29, 0.717) is 5.76 Å². The van der Waals surface area contributed by atoms with Crippen LogP contribution in [0.3, 0.4) is 0 Å². The molecule has 0 saturated carbocycles. The molecular formula is C27H50OS2. The number of hydrogen-bond donors (Lipinski definition) is 1. The lowest BCUT2D eigenvalue weighted by Gasteiger charge is -2.35. The van der Waals surface area contributed by atoms with E-state index in [1.165, 1.54) is 101 Å². The smallest absolute Gasteiger partial charge is 0.103 e. The first kappa shape index (κ1) is 28.0. The number of allylic oxidation sites excluding steroid dienone is 4. The molecule has 0 fully saturated rings. The first-order chi connectivity index (χ1) is 14.7. The second-order valence-corrected chi connectivity index (χ2v) is 11.5. The normalized spacial score (nSPS) is 15.8. The maximum atomic E-state index is 10.9. The molecule has 0 aliphatic heterocycles. The summed E-state index contributed by atoms with van der Waals surface area (Å²) in [7, 11) is 0. The summed E-state index contributed by atoms with van der Waals surface area (Å²) in [5.41, 5.74) is 1.05. The fourth-order valence-electron chi connectivity index (χ4n) is 4.21. The number of rotatable bonds is 20. The van der Waals surface area contributed by atoms with Crippen molar-refractivity contribution in [3.05, 3.63) is 23.5 Å². The van der Waals surface area contributed by atoms with Crippen molar-refractivity contribution in [3.63, 3.8) is 0 Å². The van der Waals surface area contributed by atoms with E-state index in [1.807, 2.05) is 0 Å². The van der Waals surface area contributed by atoms with Gasteiger partial charge < -0.3 is 5.11 Å². The molecule has 0 aromatic carbocycles. The molecule has 0 aromatic rings. The predicted molar refractivity (Wildman–Crippen MR) is 142 cm³/mol. The van der Waals surface area contributed by atoms with Gasteiger partial charge in [0.1, 0.15) is 5.76 Å². The predicted octanol–water partition coefficient (Wildman–Crippen LogP) is 9.73. The van der Waals surface area contributed by atoms with Gasteiger partial charge in [0.05, 0.1) is 0 Å². The molecule has 0 aromatic heterocycles. The summed E-state index contributed by atoms with van der Waals surface area (Å²) in [6.07, 6.45) is 24.7. The first-order valence-corrected chi connectivity index (χ1v) is 15.2. The van der Waals surface area contributed by atoms with E-state index in [0.717, 1.165) is 23.5 Å². The van der Waals surface area contributed by atoms with Crippen molar-refractivity contribution in [2.75, 3.05) is 23.0 Å². The van der Waals surface area contributed by atoms with Crippen LogP contribution in [0, 0.1) is 5.41 Å². The zero-order valence-electron chi connectivity index (χ0n) is 20.4. The summed E-state index contributed by atoms with van der Waals surface area (Å²) < 4.78 is 0. The Morgan fingerprint density at radius 3 is 1.63 bits per heavy atom. The fraction of sp³-hybridized carbons (Fsp3) is 0.852. The second-order valence-electron chi connectivity index (χ2n) is 9.27. The minimum atomic E-state index is -0.0313. The van der Waals surface area contributed by atoms with E-state index < -0.39 is 0 Å². The Morgan fingerprint density at radius 2 is 1.17 bits per heavy atom. The van der Waals surface area contributed by atoms with Gasteiger partial charge in [0.2, 0.25) is 0 Å². The number of aliphatic hydroxyl groups excluding tert-OH is 1. The van der Waals surface area contributed by atoms with Crippen LogP contribution in [0.2, 0.25) is 0 Å². The van der Waals surface area contributed by atoms with Crippen molar-refractivity contribution in [3.8, 4) is 0 Å². The average molecular weight is 455 g/mol. The average Bonchev–Trinajstić information content (AvgIpc) is 2.75. The van der Waals surface area contributed by atoms with Crippen molar-refractivity contribution < 1.29 is 5.11 Å². The van der Waals surface area contributed by atoms with E-state index >= 15 is 0 Å². The summed E-state index contributed by atoms with van der Waals surface area (Å²) in [5, 5.41) is 10.9. The lowest BCUT2D eigenvalue weighted by atomic mass is 9.81. The molecule has 0 atom stereocenters. The molecule has 1 rings (SSSR count). The van der Waals surface area contributed by atoms with Gasteiger partial charge in [-0.25, -0.2) is 0 Å². The van der Waals surface area contributed by atoms with Crippen LogP contribution >= 0.6 is 23.5 Å². The summed E-state index contributed by atoms with van der Waals surface area (Å²) in [4.78, 5) is 0. The third-order valence-electron chi connectivity index (χ3n) is 6.29. The SMILES string of the molecule is CCCCCCCCCSCC1(CSCCCCCCCCC)CC=CC(C)=C1O. The molecule has 0 radical (unpaired) electrons. The molecule has 0 amide bonds. The monoisotopic (exact) mass is 454 g/mol. The molecule has 176 valence electrons. The van der Waals surface area contributed by atoms with Gasteiger partial charge in [-0.2, -0.15) is 23.5 Å². The topological polar surface area (TPSA) is 20.2 Å². The maximum Gasteiger partial charge on any atom is 0.103 e. The minimum Gasteiger partial charge on any atom is -0.511 e. The maximum absolute atomic E-state index is 10.9. The molecule has 3 heteroatoms. The van der Waals surface area contributed by atoms with Crippen LogP contribution in [0.15, 0.2) is 23.5 Å². The van der Waals surface area contributed by atoms with Crippen molar-refractivity contribution >= 4 is 23.5 Å². The van der Waals surface area contributed by atoms with Crippen LogP contribution in [0.5, 0.6) is 0 Å². The summed E-state index contributed by atoms with van der Waals surface area (Å²) in [6, 6.07) is 0. The van der Waals surface area contributed by atoms with Crippen LogP contribution < -0.4 is 0 Å². The molecule has 0 saturated heterocycles. The Morgan fingerprint density at radius 1 is 0.733 bits per heavy atom. The highest BCUT2D eigenvalue weighted by Crippen LogP contribution is 2.42. The van der Waals surface area contributed by atoms with E-state index in [9.17, 15) is 5.11 Å². The molecule has 0 heterocycles. The highest BCUT2D eigenvalue weighted by atomic mass is 32.2. The van der Waals surface area contributed by atoms with E-state index in [4.69, 9.17) is 0 Å². The van der Waals surface area contributed by atoms with E-state index in [1.54, 1.807) is 0 Å². The van der Waals surface area contributed by atoms with Gasteiger partial charge >= 0.3 is 0 Å². The summed E-state index contributed by atoms with van der Waals surface area (Å²) in [5.74, 6) is 5.30. The van der Waals surface area contributed by atoms with Gasteiger partial charge in [0.15, 0.2) is 0 Å². The highest BCUT2D eigenvalue weighted by Gasteiger charge is 2.36. The second kappa shape index (κ2) is 18.5. The number of hydrogen-bond acceptors (Lipinski definition) is 3. The van der Waals surface area contributed by atoms with Gasteiger partial charge in [-0.15, -0.1) is 0 Å². The number of thioether (sulfide) groups is 2. The molecule has 0 spiro atoms. The summed E-state index contributed by atoms with van der Waals surface area (Å²) >= 11 is 4.14. The zero-order valence-corrected chi connectivity index (χ0v) is 22.0. The molecule has 1 aliphatic carbocycles. The van der Waals surface area contributed by atoms with Crippen LogP contribution in [0.4, 0.5) is 0 Å². The molecule has 30 heavy (non-hydrogen) atoms. The Bertz CT molecular complexity index is 447. The Balaban J connectivity index is 2.27. The van der Waals surface area contributed by atoms with Gasteiger partial charge in [0.25, 0.3) is 0 Å². The van der Waals surface area contributed by atoms with Gasteiger partial charge in [-0.1, -0.05) is 103 Å². The van der Waals surface area contributed by atoms with Crippen molar-refractivity contribution in [1.82, 2.24) is 0 Å². The first-order valence-electron chi connectivity index (χ1n) is 12.9. The molecule has 0 unspecified atom stereocenters. The molecule has 1 nitrogen and oxygen atoms in total. The van der Waals surface area contributed by atoms with E-state index in [2.05, 4.69) is 56.4 Å². The zero-order chi connectivity index (χ0) is 21.9. The lowest BCUT2D eigenvalue weighted by molar-refractivity contribution is 0.261. The molecule has 0 bridgehead atoms. The largest absolute Gasteiger partial charge is 0.511 e.